The lowest BCUT2D eigenvalue weighted by molar-refractivity contribution is -0.158. The normalized spacial score (nSPS) is 25.1. The van der Waals surface area contributed by atoms with Crippen molar-refractivity contribution >= 4 is 11.8 Å². The number of aliphatic hydroxyl groups excluding tert-OH is 1. The molecule has 2 amide bonds. The molecule has 0 spiro atoms. The molecule has 2 fully saturated rings. The van der Waals surface area contributed by atoms with Crippen LogP contribution >= 0.6 is 0 Å². The number of carbonyl (C=O) groups excluding carboxylic acids is 2. The Hall–Kier alpha value is -1.18. The summed E-state index contributed by atoms with van der Waals surface area (Å²) >= 11 is 0. The summed E-state index contributed by atoms with van der Waals surface area (Å²) in [6.07, 6.45) is 0. The van der Waals surface area contributed by atoms with E-state index in [1.54, 1.807) is 4.90 Å². The van der Waals surface area contributed by atoms with E-state index in [1.165, 1.54) is 4.90 Å². The molecule has 0 bridgehead atoms. The van der Waals surface area contributed by atoms with Crippen LogP contribution in [0, 0.1) is 0 Å². The summed E-state index contributed by atoms with van der Waals surface area (Å²) in [5.74, 6) is -1.00. The second-order valence-electron chi connectivity index (χ2n) is 4.45. The van der Waals surface area contributed by atoms with Gasteiger partial charge in [0, 0.05) is 32.7 Å². The van der Waals surface area contributed by atoms with Crippen LogP contribution < -0.4 is 5.32 Å². The predicted molar refractivity (Wildman–Crippen MR) is 62.9 cm³/mol. The number of rotatable bonds is 1. The van der Waals surface area contributed by atoms with Crippen molar-refractivity contribution in [1.29, 1.82) is 0 Å². The van der Waals surface area contributed by atoms with Crippen molar-refractivity contribution in [2.24, 2.45) is 0 Å². The van der Waals surface area contributed by atoms with Gasteiger partial charge in [0.15, 0.2) is 0 Å². The third-order valence-corrected chi connectivity index (χ3v) is 3.29. The zero-order valence-electron chi connectivity index (χ0n) is 10.3. The molecule has 0 aromatic rings. The number of ether oxygens (including phenoxy) is 1. The summed E-state index contributed by atoms with van der Waals surface area (Å²) in [5.41, 5.74) is 0. The maximum atomic E-state index is 12.1. The molecule has 2 rings (SSSR count). The molecule has 102 valence electrons. The number of amides is 2. The van der Waals surface area contributed by atoms with Crippen molar-refractivity contribution in [3.8, 4) is 0 Å². The Bertz CT molecular complexity index is 317. The Morgan fingerprint density at radius 1 is 1.22 bits per heavy atom. The highest BCUT2D eigenvalue weighted by Crippen LogP contribution is 2.08. The quantitative estimate of drug-likeness (QED) is 0.513. The fraction of sp³-hybridized carbons (Fsp3) is 0.818. The molecule has 1 unspecified atom stereocenters. The third-order valence-electron chi connectivity index (χ3n) is 3.29. The first-order valence-electron chi connectivity index (χ1n) is 6.23. The highest BCUT2D eigenvalue weighted by molar-refractivity contribution is 6.35. The van der Waals surface area contributed by atoms with E-state index in [0.29, 0.717) is 39.3 Å². The number of hydrogen-bond acceptors (Lipinski definition) is 5. The van der Waals surface area contributed by atoms with Gasteiger partial charge >= 0.3 is 11.8 Å². The molecule has 1 atom stereocenters. The minimum atomic E-state index is -0.528. The summed E-state index contributed by atoms with van der Waals surface area (Å²) in [6, 6.07) is -0.405. The first-order valence-corrected chi connectivity index (χ1v) is 6.23. The van der Waals surface area contributed by atoms with Crippen molar-refractivity contribution in [3.05, 3.63) is 0 Å². The number of hydrogen-bond donors (Lipinski definition) is 2. The molecule has 0 aliphatic carbocycles. The predicted octanol–water partition coefficient (Wildman–Crippen LogP) is -2.36. The van der Waals surface area contributed by atoms with Crippen LogP contribution in [0.15, 0.2) is 0 Å². The smallest absolute Gasteiger partial charge is 0.312 e. The van der Waals surface area contributed by atoms with Gasteiger partial charge in [0.1, 0.15) is 0 Å². The second kappa shape index (κ2) is 6.12. The Morgan fingerprint density at radius 3 is 2.61 bits per heavy atom. The van der Waals surface area contributed by atoms with Crippen molar-refractivity contribution in [1.82, 2.24) is 15.1 Å². The third kappa shape index (κ3) is 2.80. The van der Waals surface area contributed by atoms with Crippen molar-refractivity contribution in [3.63, 3.8) is 0 Å². The van der Waals surface area contributed by atoms with E-state index in [1.807, 2.05) is 0 Å². The molecule has 7 nitrogen and oxygen atoms in total. The van der Waals surface area contributed by atoms with E-state index in [4.69, 9.17) is 4.74 Å². The number of nitrogens with zero attached hydrogens (tertiary/aromatic N) is 2. The number of nitrogens with one attached hydrogen (secondary N) is 1. The number of piperazine rings is 1. The number of aliphatic hydroxyl groups is 1. The molecular formula is C11H19N3O4. The van der Waals surface area contributed by atoms with Crippen LogP contribution in [-0.2, 0) is 14.3 Å². The molecule has 7 heteroatoms. The van der Waals surface area contributed by atoms with Crippen LogP contribution in [0.5, 0.6) is 0 Å². The second-order valence-corrected chi connectivity index (χ2v) is 4.45. The minimum absolute atomic E-state index is 0.180. The minimum Gasteiger partial charge on any atom is -0.394 e. The summed E-state index contributed by atoms with van der Waals surface area (Å²) < 4.78 is 5.19. The van der Waals surface area contributed by atoms with E-state index in [2.05, 4.69) is 5.32 Å². The lowest BCUT2D eigenvalue weighted by Gasteiger charge is -2.36. The van der Waals surface area contributed by atoms with E-state index in [-0.39, 0.29) is 13.2 Å². The Kier molecular flexibility index (Phi) is 4.51. The average Bonchev–Trinajstić information content (AvgIpc) is 2.46. The Morgan fingerprint density at radius 2 is 1.94 bits per heavy atom. The molecule has 0 radical (unpaired) electrons. The van der Waals surface area contributed by atoms with Crippen molar-refractivity contribution < 1.29 is 19.4 Å². The largest absolute Gasteiger partial charge is 0.394 e. The van der Waals surface area contributed by atoms with Gasteiger partial charge in [-0.15, -0.1) is 0 Å². The molecular weight excluding hydrogens is 238 g/mol. The van der Waals surface area contributed by atoms with Crippen molar-refractivity contribution in [2.45, 2.75) is 6.04 Å². The molecule has 2 N–H and O–H groups in total. The van der Waals surface area contributed by atoms with Gasteiger partial charge in [-0.2, -0.15) is 0 Å². The van der Waals surface area contributed by atoms with E-state index in [0.717, 1.165) is 0 Å². The van der Waals surface area contributed by atoms with E-state index < -0.39 is 17.9 Å². The molecule has 0 saturated carbocycles. The van der Waals surface area contributed by atoms with Crippen LogP contribution in [0.25, 0.3) is 0 Å². The molecule has 0 aromatic heterocycles. The molecule has 2 aliphatic heterocycles. The fourth-order valence-corrected chi connectivity index (χ4v) is 2.20. The van der Waals surface area contributed by atoms with Crippen molar-refractivity contribution in [2.75, 3.05) is 52.5 Å². The highest BCUT2D eigenvalue weighted by Gasteiger charge is 2.33. The van der Waals surface area contributed by atoms with E-state index >= 15 is 0 Å². The standard InChI is InChI=1S/C11H19N3O4/c15-7-9-8-18-6-5-14(9)11(17)10(16)13-3-1-12-2-4-13/h9,12,15H,1-8H2. The summed E-state index contributed by atoms with van der Waals surface area (Å²) in [6.45, 7) is 3.42. The fourth-order valence-electron chi connectivity index (χ4n) is 2.20. The Labute approximate surface area is 106 Å². The lowest BCUT2D eigenvalue weighted by Crippen LogP contribution is -2.57. The summed E-state index contributed by atoms with van der Waals surface area (Å²) in [5, 5.41) is 12.3. The maximum absolute atomic E-state index is 12.1. The van der Waals surface area contributed by atoms with Gasteiger partial charge in [-0.3, -0.25) is 9.59 Å². The van der Waals surface area contributed by atoms with Gasteiger partial charge < -0.3 is 25.0 Å². The average molecular weight is 257 g/mol. The maximum Gasteiger partial charge on any atom is 0.312 e. The SMILES string of the molecule is O=C(C(=O)N1CCOCC1CO)N1CCNCC1. The summed E-state index contributed by atoms with van der Waals surface area (Å²) in [4.78, 5) is 27.1. The lowest BCUT2D eigenvalue weighted by atomic mass is 10.2. The number of morpholine rings is 1. The molecule has 2 saturated heterocycles. The molecule has 0 aromatic carbocycles. The van der Waals surface area contributed by atoms with E-state index in [9.17, 15) is 14.7 Å². The monoisotopic (exact) mass is 257 g/mol. The zero-order chi connectivity index (χ0) is 13.0. The van der Waals surface area contributed by atoms with Gasteiger partial charge in [0.2, 0.25) is 0 Å². The van der Waals surface area contributed by atoms with Crippen LogP contribution in [0.4, 0.5) is 0 Å². The van der Waals surface area contributed by atoms with Crippen LogP contribution in [0.3, 0.4) is 0 Å². The highest BCUT2D eigenvalue weighted by atomic mass is 16.5. The van der Waals surface area contributed by atoms with Gasteiger partial charge in [-0.25, -0.2) is 0 Å². The molecule has 2 heterocycles. The molecule has 18 heavy (non-hydrogen) atoms. The number of carbonyl (C=O) groups is 2. The topological polar surface area (TPSA) is 82.1 Å². The van der Waals surface area contributed by atoms with Crippen LogP contribution in [0.2, 0.25) is 0 Å². The Balaban J connectivity index is 1.97. The van der Waals surface area contributed by atoms with Crippen LogP contribution in [0.1, 0.15) is 0 Å². The first-order chi connectivity index (χ1) is 8.74. The molecule has 2 aliphatic rings. The van der Waals surface area contributed by atoms with Gasteiger partial charge in [-0.1, -0.05) is 0 Å². The summed E-state index contributed by atoms with van der Waals surface area (Å²) in [7, 11) is 0. The van der Waals surface area contributed by atoms with Gasteiger partial charge in [0.05, 0.1) is 25.9 Å². The zero-order valence-corrected chi connectivity index (χ0v) is 10.3. The first kappa shape index (κ1) is 13.3. The van der Waals surface area contributed by atoms with Crippen LogP contribution in [-0.4, -0.2) is 85.3 Å². The van der Waals surface area contributed by atoms with Gasteiger partial charge in [-0.05, 0) is 0 Å². The van der Waals surface area contributed by atoms with Gasteiger partial charge in [0.25, 0.3) is 0 Å².